The first-order valence-corrected chi connectivity index (χ1v) is 33.1. The van der Waals surface area contributed by atoms with Gasteiger partial charge in [-0.25, -0.2) is 0 Å². The summed E-state index contributed by atoms with van der Waals surface area (Å²) in [5, 5.41) is 0. The monoisotopic (exact) mass is 1090 g/mol. The Balaban J connectivity index is 0.924. The van der Waals surface area contributed by atoms with Crippen molar-refractivity contribution in [2.24, 2.45) is 0 Å². The van der Waals surface area contributed by atoms with Gasteiger partial charge in [-0.2, -0.15) is 0 Å². The van der Waals surface area contributed by atoms with Crippen molar-refractivity contribution in [1.29, 1.82) is 0 Å². The molecule has 0 fully saturated rings. The maximum absolute atomic E-state index is 2.48. The summed E-state index contributed by atoms with van der Waals surface area (Å²) in [5.74, 6) is 3.60. The molecule has 10 rings (SSSR count). The van der Waals surface area contributed by atoms with Gasteiger partial charge in [0.05, 0.1) is 17.5 Å². The summed E-state index contributed by atoms with van der Waals surface area (Å²) < 4.78 is 4.28. The minimum atomic E-state index is 1.20. The van der Waals surface area contributed by atoms with Crippen LogP contribution in [0.25, 0.3) is 88.5 Å². The maximum atomic E-state index is 2.48. The Labute approximate surface area is 436 Å². The third-order valence-electron chi connectivity index (χ3n) is 10.5. The van der Waals surface area contributed by atoms with Crippen molar-refractivity contribution in [3.8, 4) is 88.5 Å². The molecule has 65 heavy (non-hydrogen) atoms. The summed E-state index contributed by atoms with van der Waals surface area (Å²) in [4.78, 5) is 23.0. The third kappa shape index (κ3) is 11.1. The molecule has 0 amide bonds. The zero-order chi connectivity index (χ0) is 44.1. The second kappa shape index (κ2) is 22.2. The minimum absolute atomic E-state index is 1.20. The SMILES string of the molecule is CCCCSc1ccc(-c2ccc(-c3ccc(-c4ccc(-c5sc(-c6ccc(-c7ccc(SCCCC)s7)s6)cc5-c5ccc(-c6ccc(-c7ccc(SCCCC)s7)s6)s5)s4)s3)s2)s1. The lowest BCUT2D eigenvalue weighted by molar-refractivity contribution is 0.896. The molecule has 10 aromatic rings. The normalized spacial score (nSPS) is 11.7. The van der Waals surface area contributed by atoms with Gasteiger partial charge in [0.15, 0.2) is 0 Å². The molecule has 0 saturated carbocycles. The summed E-state index contributed by atoms with van der Waals surface area (Å²) in [6, 6.07) is 44.4. The van der Waals surface area contributed by atoms with Gasteiger partial charge in [0.25, 0.3) is 0 Å². The standard InChI is InChI=1S/C52H46S13/c1-4-7-28-53-49-25-22-43(62-49)40-16-14-35(58-40)34-11-10-33(56-34)32-31-48(46-19-18-42(60-46)45-24-27-51(64-45)55-30-9-6-3)65-52(32)47-21-20-39(61-47)38-13-12-36(57-38)37-15-17-41(59-37)44-23-26-50(63-44)54-29-8-5-2/h10-27,31H,4-9,28-30H2,1-3H3. The van der Waals surface area contributed by atoms with Crippen molar-refractivity contribution in [2.45, 2.75) is 71.9 Å². The van der Waals surface area contributed by atoms with Gasteiger partial charge < -0.3 is 0 Å². The van der Waals surface area contributed by atoms with E-state index in [1.54, 1.807) is 0 Å². The molecular weight excluding hydrogens is 1040 g/mol. The van der Waals surface area contributed by atoms with Gasteiger partial charge in [-0.1, -0.05) is 40.0 Å². The van der Waals surface area contributed by atoms with E-state index in [1.165, 1.54) is 157 Å². The van der Waals surface area contributed by atoms with Crippen LogP contribution in [0.3, 0.4) is 0 Å². The van der Waals surface area contributed by atoms with E-state index >= 15 is 0 Å². The molecule has 0 spiro atoms. The molecule has 0 aliphatic rings. The maximum Gasteiger partial charge on any atom is 0.0605 e. The summed E-state index contributed by atoms with van der Waals surface area (Å²) in [5.41, 5.74) is 1.34. The number of thioether (sulfide) groups is 3. The Kier molecular flexibility index (Phi) is 16.0. The second-order valence-corrected chi connectivity index (χ2v) is 30.3. The van der Waals surface area contributed by atoms with Gasteiger partial charge >= 0.3 is 0 Å². The zero-order valence-corrected chi connectivity index (χ0v) is 46.8. The van der Waals surface area contributed by atoms with Crippen LogP contribution in [-0.2, 0) is 0 Å². The molecule has 0 unspecified atom stereocenters. The fourth-order valence-electron chi connectivity index (χ4n) is 7.04. The van der Waals surface area contributed by atoms with E-state index in [2.05, 4.69) is 136 Å². The van der Waals surface area contributed by atoms with Crippen LogP contribution in [0.5, 0.6) is 0 Å². The highest BCUT2D eigenvalue weighted by atomic mass is 32.2. The summed E-state index contributed by atoms with van der Waals surface area (Å²) in [6.07, 6.45) is 7.56. The molecule has 332 valence electrons. The van der Waals surface area contributed by atoms with Crippen molar-refractivity contribution in [1.82, 2.24) is 0 Å². The molecule has 0 radical (unpaired) electrons. The predicted molar refractivity (Wildman–Crippen MR) is 311 cm³/mol. The summed E-state index contributed by atoms with van der Waals surface area (Å²) in [6.45, 7) is 6.81. The van der Waals surface area contributed by atoms with Crippen molar-refractivity contribution in [2.75, 3.05) is 17.3 Å². The van der Waals surface area contributed by atoms with E-state index in [-0.39, 0.29) is 0 Å². The van der Waals surface area contributed by atoms with Crippen molar-refractivity contribution < 1.29 is 0 Å². The highest BCUT2D eigenvalue weighted by molar-refractivity contribution is 8.01. The number of unbranched alkanes of at least 4 members (excludes halogenated alkanes) is 3. The van der Waals surface area contributed by atoms with E-state index < -0.39 is 0 Å². The lowest BCUT2D eigenvalue weighted by atomic mass is 10.1. The molecule has 0 nitrogen and oxygen atoms in total. The lowest BCUT2D eigenvalue weighted by Gasteiger charge is -1.99. The van der Waals surface area contributed by atoms with E-state index in [4.69, 9.17) is 0 Å². The van der Waals surface area contributed by atoms with Gasteiger partial charge in [-0.3, -0.25) is 0 Å². The number of hydrogen-bond donors (Lipinski definition) is 0. The van der Waals surface area contributed by atoms with Crippen molar-refractivity contribution >= 4 is 149 Å². The third-order valence-corrected chi connectivity index (χ3v) is 26.9. The average molecular weight is 1090 g/mol. The largest absolute Gasteiger partial charge is 0.134 e. The number of rotatable bonds is 21. The molecule has 13 heteroatoms. The first-order valence-electron chi connectivity index (χ1n) is 22.0. The van der Waals surface area contributed by atoms with Crippen LogP contribution in [0.1, 0.15) is 59.3 Å². The first kappa shape index (κ1) is 46.8. The minimum Gasteiger partial charge on any atom is -0.134 e. The molecule has 0 saturated heterocycles. The smallest absolute Gasteiger partial charge is 0.0605 e. The Morgan fingerprint density at radius 1 is 0.277 bits per heavy atom. The van der Waals surface area contributed by atoms with Crippen LogP contribution in [-0.4, -0.2) is 17.3 Å². The first-order chi connectivity index (χ1) is 32.0. The van der Waals surface area contributed by atoms with Gasteiger partial charge in [-0.05, 0) is 152 Å². The molecule has 0 N–H and O–H groups in total. The van der Waals surface area contributed by atoms with Crippen LogP contribution in [0.15, 0.2) is 128 Å². The topological polar surface area (TPSA) is 0 Å². The van der Waals surface area contributed by atoms with Crippen molar-refractivity contribution in [3.63, 3.8) is 0 Å². The number of thiophene rings is 10. The van der Waals surface area contributed by atoms with E-state index in [1.807, 2.05) is 149 Å². The van der Waals surface area contributed by atoms with E-state index in [0.717, 1.165) is 0 Å². The molecular formula is C52H46S13. The molecule has 0 aliphatic carbocycles. The van der Waals surface area contributed by atoms with Crippen molar-refractivity contribution in [3.05, 3.63) is 115 Å². The molecule has 10 aromatic heterocycles. The fourth-order valence-corrected chi connectivity index (χ4v) is 22.0. The van der Waals surface area contributed by atoms with E-state index in [0.29, 0.717) is 0 Å². The summed E-state index contributed by atoms with van der Waals surface area (Å²) in [7, 11) is 0. The lowest BCUT2D eigenvalue weighted by Crippen LogP contribution is -1.73. The van der Waals surface area contributed by atoms with Crippen LogP contribution >= 0.6 is 149 Å². The van der Waals surface area contributed by atoms with E-state index in [9.17, 15) is 0 Å². The molecule has 0 bridgehead atoms. The highest BCUT2D eigenvalue weighted by Gasteiger charge is 2.21. The number of hydrogen-bond acceptors (Lipinski definition) is 13. The second-order valence-electron chi connectivity index (χ2n) is 15.3. The zero-order valence-electron chi connectivity index (χ0n) is 36.1. The summed E-state index contributed by atoms with van der Waals surface area (Å²) >= 11 is 25.3. The fraction of sp³-hybridized carbons (Fsp3) is 0.231. The Hall–Kier alpha value is -1.95. The highest BCUT2D eigenvalue weighted by Crippen LogP contribution is 2.53. The molecule has 0 aromatic carbocycles. The Bertz CT molecular complexity index is 3080. The molecule has 10 heterocycles. The molecule has 0 atom stereocenters. The van der Waals surface area contributed by atoms with Crippen LogP contribution in [0, 0.1) is 0 Å². The van der Waals surface area contributed by atoms with Gasteiger partial charge in [0, 0.05) is 83.6 Å². The quantitative estimate of drug-likeness (QED) is 0.0520. The van der Waals surface area contributed by atoms with Gasteiger partial charge in [0.2, 0.25) is 0 Å². The Morgan fingerprint density at radius 2 is 0.538 bits per heavy atom. The van der Waals surface area contributed by atoms with Crippen LogP contribution in [0.4, 0.5) is 0 Å². The predicted octanol–water partition coefficient (Wildman–Crippen LogP) is 23.0. The van der Waals surface area contributed by atoms with Gasteiger partial charge in [0.1, 0.15) is 0 Å². The molecule has 0 aliphatic heterocycles. The average Bonchev–Trinajstić information content (AvgIpc) is 4.14. The Morgan fingerprint density at radius 3 is 0.892 bits per heavy atom. The van der Waals surface area contributed by atoms with Crippen LogP contribution < -0.4 is 0 Å². The van der Waals surface area contributed by atoms with Crippen LogP contribution in [0.2, 0.25) is 0 Å². The van der Waals surface area contributed by atoms with Gasteiger partial charge in [-0.15, -0.1) is 149 Å².